The van der Waals surface area contributed by atoms with E-state index < -0.39 is 0 Å². The van der Waals surface area contributed by atoms with Crippen molar-refractivity contribution in [3.8, 4) is 5.75 Å². The molecule has 0 fully saturated rings. The fraction of sp³-hybridized carbons (Fsp3) is 0.250. The molecule has 19 heavy (non-hydrogen) atoms. The summed E-state index contributed by atoms with van der Waals surface area (Å²) in [7, 11) is 0. The average Bonchev–Trinajstić information content (AvgIpc) is 2.92. The number of hydrogen-bond donors (Lipinski definition) is 2. The Hall–Kier alpha value is -2.02. The maximum absolute atomic E-state index is 11.8. The molecular weight excluding hydrogens is 264 g/mol. The highest BCUT2D eigenvalue weighted by molar-refractivity contribution is 7.99. The maximum atomic E-state index is 11.8. The monoisotopic (exact) mass is 278 g/mol. The molecule has 1 amide bonds. The lowest BCUT2D eigenvalue weighted by Gasteiger charge is -2.10. The number of aromatic amines is 1. The number of nitrogens with one attached hydrogen (secondary N) is 2. The molecule has 1 aromatic carbocycles. The minimum atomic E-state index is -0.117. The largest absolute Gasteiger partial charge is 0.492 e. The lowest BCUT2D eigenvalue weighted by Crippen LogP contribution is -2.15. The van der Waals surface area contributed by atoms with Gasteiger partial charge in [0.2, 0.25) is 5.91 Å². The van der Waals surface area contributed by atoms with E-state index in [0.717, 1.165) is 0 Å². The number of para-hydroxylation sites is 2. The number of amides is 1. The normalized spacial score (nSPS) is 10.2. The van der Waals surface area contributed by atoms with Crippen LogP contribution in [0.25, 0.3) is 0 Å². The van der Waals surface area contributed by atoms with Gasteiger partial charge in [0.05, 0.1) is 18.0 Å². The lowest BCUT2D eigenvalue weighted by atomic mass is 10.3. The van der Waals surface area contributed by atoms with E-state index in [2.05, 4.69) is 20.5 Å². The lowest BCUT2D eigenvalue weighted by molar-refractivity contribution is -0.113. The Morgan fingerprint density at radius 1 is 1.47 bits per heavy atom. The van der Waals surface area contributed by atoms with Crippen molar-refractivity contribution < 1.29 is 9.53 Å². The van der Waals surface area contributed by atoms with Gasteiger partial charge in [0.15, 0.2) is 5.16 Å². The molecule has 0 aliphatic carbocycles. The molecule has 2 aromatic rings. The predicted molar refractivity (Wildman–Crippen MR) is 73.3 cm³/mol. The van der Waals surface area contributed by atoms with Gasteiger partial charge in [-0.25, -0.2) is 4.98 Å². The number of carbonyl (C=O) groups is 1. The van der Waals surface area contributed by atoms with Crippen LogP contribution in [0.1, 0.15) is 6.92 Å². The zero-order valence-corrected chi connectivity index (χ0v) is 11.2. The number of rotatable bonds is 6. The van der Waals surface area contributed by atoms with Crippen molar-refractivity contribution in [3.05, 3.63) is 30.6 Å². The third-order valence-electron chi connectivity index (χ3n) is 2.19. The number of benzene rings is 1. The Balaban J connectivity index is 1.91. The van der Waals surface area contributed by atoms with Gasteiger partial charge < -0.3 is 10.1 Å². The fourth-order valence-electron chi connectivity index (χ4n) is 1.44. The number of anilines is 1. The number of H-pyrrole nitrogens is 1. The van der Waals surface area contributed by atoms with E-state index in [0.29, 0.717) is 23.2 Å². The van der Waals surface area contributed by atoms with Gasteiger partial charge in [-0.1, -0.05) is 23.9 Å². The van der Waals surface area contributed by atoms with Gasteiger partial charge in [-0.05, 0) is 19.1 Å². The summed E-state index contributed by atoms with van der Waals surface area (Å²) in [6.07, 6.45) is 1.41. The Kier molecular flexibility index (Phi) is 4.79. The van der Waals surface area contributed by atoms with Gasteiger partial charge in [-0.2, -0.15) is 5.10 Å². The average molecular weight is 278 g/mol. The van der Waals surface area contributed by atoms with Crippen molar-refractivity contribution in [1.29, 1.82) is 0 Å². The second-order valence-electron chi connectivity index (χ2n) is 3.56. The smallest absolute Gasteiger partial charge is 0.234 e. The van der Waals surface area contributed by atoms with E-state index in [4.69, 9.17) is 4.74 Å². The van der Waals surface area contributed by atoms with Crippen molar-refractivity contribution in [1.82, 2.24) is 15.2 Å². The fourth-order valence-corrected chi connectivity index (χ4v) is 2.01. The van der Waals surface area contributed by atoms with Gasteiger partial charge in [0.25, 0.3) is 0 Å². The Morgan fingerprint density at radius 2 is 2.32 bits per heavy atom. The molecular formula is C12H14N4O2S. The third kappa shape index (κ3) is 3.99. The summed E-state index contributed by atoms with van der Waals surface area (Å²) in [5, 5.41) is 9.83. The SMILES string of the molecule is CCOc1ccccc1NC(=O)CSc1ncn[nH]1. The van der Waals surface area contributed by atoms with Crippen molar-refractivity contribution >= 4 is 23.4 Å². The molecule has 0 aliphatic rings. The van der Waals surface area contributed by atoms with Crippen LogP contribution in [0, 0.1) is 0 Å². The van der Waals surface area contributed by atoms with Crippen LogP contribution in [0.4, 0.5) is 5.69 Å². The zero-order chi connectivity index (χ0) is 13.5. The highest BCUT2D eigenvalue weighted by atomic mass is 32.2. The van der Waals surface area contributed by atoms with Crippen molar-refractivity contribution in [2.24, 2.45) is 0 Å². The molecule has 0 unspecified atom stereocenters. The molecule has 0 spiro atoms. The summed E-state index contributed by atoms with van der Waals surface area (Å²) < 4.78 is 5.44. The first-order valence-corrected chi connectivity index (χ1v) is 6.78. The van der Waals surface area contributed by atoms with Gasteiger partial charge in [0.1, 0.15) is 12.1 Å². The van der Waals surface area contributed by atoms with Crippen molar-refractivity contribution in [2.75, 3.05) is 17.7 Å². The van der Waals surface area contributed by atoms with Crippen LogP contribution in [0.5, 0.6) is 5.75 Å². The number of ether oxygens (including phenoxy) is 1. The predicted octanol–water partition coefficient (Wildman–Crippen LogP) is 1.93. The van der Waals surface area contributed by atoms with Gasteiger partial charge in [-0.3, -0.25) is 9.89 Å². The van der Waals surface area contributed by atoms with Gasteiger partial charge in [-0.15, -0.1) is 0 Å². The molecule has 2 N–H and O–H groups in total. The van der Waals surface area contributed by atoms with Crippen LogP contribution < -0.4 is 10.1 Å². The van der Waals surface area contributed by atoms with Gasteiger partial charge in [0, 0.05) is 0 Å². The number of nitrogens with zero attached hydrogens (tertiary/aromatic N) is 2. The second kappa shape index (κ2) is 6.79. The third-order valence-corrected chi connectivity index (χ3v) is 3.07. The van der Waals surface area contributed by atoms with E-state index >= 15 is 0 Å². The number of carbonyl (C=O) groups excluding carboxylic acids is 1. The Labute approximate surface area is 115 Å². The van der Waals surface area contributed by atoms with Crippen molar-refractivity contribution in [3.63, 3.8) is 0 Å². The number of aromatic nitrogens is 3. The van der Waals surface area contributed by atoms with E-state index in [1.54, 1.807) is 0 Å². The summed E-state index contributed by atoms with van der Waals surface area (Å²) in [6, 6.07) is 7.34. The van der Waals surface area contributed by atoms with Crippen LogP contribution in [-0.4, -0.2) is 33.4 Å². The minimum absolute atomic E-state index is 0.117. The van der Waals surface area contributed by atoms with Crippen LogP contribution in [0.2, 0.25) is 0 Å². The molecule has 7 heteroatoms. The summed E-state index contributed by atoms with van der Waals surface area (Å²) >= 11 is 1.29. The number of hydrogen-bond acceptors (Lipinski definition) is 5. The second-order valence-corrected chi connectivity index (χ2v) is 4.52. The van der Waals surface area contributed by atoms with E-state index in [-0.39, 0.29) is 11.7 Å². The summed E-state index contributed by atoms with van der Waals surface area (Å²) in [5.74, 6) is 0.812. The minimum Gasteiger partial charge on any atom is -0.492 e. The molecule has 0 saturated heterocycles. The summed E-state index contributed by atoms with van der Waals surface area (Å²) in [5.41, 5.74) is 0.674. The quantitative estimate of drug-likeness (QED) is 0.789. The Morgan fingerprint density at radius 3 is 3.05 bits per heavy atom. The van der Waals surface area contributed by atoms with Crippen LogP contribution >= 0.6 is 11.8 Å². The molecule has 0 bridgehead atoms. The van der Waals surface area contributed by atoms with E-state index in [1.165, 1.54) is 18.1 Å². The number of thioether (sulfide) groups is 1. The van der Waals surface area contributed by atoms with Gasteiger partial charge >= 0.3 is 0 Å². The van der Waals surface area contributed by atoms with Crippen LogP contribution in [0.3, 0.4) is 0 Å². The highest BCUT2D eigenvalue weighted by Crippen LogP contribution is 2.24. The molecule has 0 saturated carbocycles. The molecule has 0 radical (unpaired) electrons. The molecule has 100 valence electrons. The molecule has 2 rings (SSSR count). The first kappa shape index (κ1) is 13.4. The molecule has 1 heterocycles. The van der Waals surface area contributed by atoms with Crippen LogP contribution in [-0.2, 0) is 4.79 Å². The summed E-state index contributed by atoms with van der Waals surface area (Å²) in [6.45, 7) is 2.46. The molecule has 1 aromatic heterocycles. The molecule has 0 aliphatic heterocycles. The molecule has 0 atom stereocenters. The van der Waals surface area contributed by atoms with Crippen molar-refractivity contribution in [2.45, 2.75) is 12.1 Å². The topological polar surface area (TPSA) is 79.9 Å². The zero-order valence-electron chi connectivity index (χ0n) is 10.4. The summed E-state index contributed by atoms with van der Waals surface area (Å²) in [4.78, 5) is 15.7. The highest BCUT2D eigenvalue weighted by Gasteiger charge is 2.08. The van der Waals surface area contributed by atoms with E-state index in [9.17, 15) is 4.79 Å². The maximum Gasteiger partial charge on any atom is 0.234 e. The van der Waals surface area contributed by atoms with Crippen LogP contribution in [0.15, 0.2) is 35.7 Å². The first-order chi connectivity index (χ1) is 9.29. The molecule has 6 nitrogen and oxygen atoms in total. The standard InChI is InChI=1S/C12H14N4O2S/c1-2-18-10-6-4-3-5-9(10)15-11(17)7-19-12-13-8-14-16-12/h3-6,8H,2,7H2,1H3,(H,15,17)(H,13,14,16). The van der Waals surface area contributed by atoms with E-state index in [1.807, 2.05) is 31.2 Å². The Bertz CT molecular complexity index is 530. The first-order valence-electron chi connectivity index (χ1n) is 5.79.